The van der Waals surface area contributed by atoms with Gasteiger partial charge in [0.15, 0.2) is 0 Å². The van der Waals surface area contributed by atoms with Gasteiger partial charge in [-0.2, -0.15) is 4.98 Å². The van der Waals surface area contributed by atoms with Crippen molar-refractivity contribution in [3.05, 3.63) is 72.6 Å². The molecule has 0 radical (unpaired) electrons. The minimum atomic E-state index is -4.76. The van der Waals surface area contributed by atoms with Crippen molar-refractivity contribution in [2.45, 2.75) is 19.8 Å². The molecule has 4 aromatic rings. The van der Waals surface area contributed by atoms with E-state index in [1.165, 1.54) is 24.3 Å². The van der Waals surface area contributed by atoms with Crippen molar-refractivity contribution in [1.82, 2.24) is 24.9 Å². The van der Waals surface area contributed by atoms with Gasteiger partial charge in [-0.25, -0.2) is 9.67 Å². The highest BCUT2D eigenvalue weighted by Crippen LogP contribution is 2.26. The molecule has 2 aromatic carbocycles. The van der Waals surface area contributed by atoms with Crippen molar-refractivity contribution < 1.29 is 27.2 Å². The second-order valence-corrected chi connectivity index (χ2v) is 6.88. The predicted molar refractivity (Wildman–Crippen MR) is 111 cm³/mol. The Balaban J connectivity index is 1.49. The van der Waals surface area contributed by atoms with E-state index in [0.29, 0.717) is 24.5 Å². The first-order valence-electron chi connectivity index (χ1n) is 9.75. The Morgan fingerprint density at radius 3 is 2.58 bits per heavy atom. The van der Waals surface area contributed by atoms with Crippen LogP contribution in [0.15, 0.2) is 65.7 Å². The zero-order valence-electron chi connectivity index (χ0n) is 17.4. The largest absolute Gasteiger partial charge is 0.573 e. The standard InChI is InChI=1S/C22H18F3N5O3/c1-3-11-31-18-6-4-5-15(12-18)13-30-14(2)26-20(28-30)21-27-19(29-33-21)16-7-9-17(10-8-16)32-22(23,24)25/h3-10,12H,1,11,13H2,2H3. The second kappa shape index (κ2) is 9.15. The molecule has 2 aromatic heterocycles. The molecule has 33 heavy (non-hydrogen) atoms. The molecule has 4 rings (SSSR count). The summed E-state index contributed by atoms with van der Waals surface area (Å²) in [7, 11) is 0. The quantitative estimate of drug-likeness (QED) is 0.351. The molecular formula is C22H18F3N5O3. The summed E-state index contributed by atoms with van der Waals surface area (Å²) < 4.78 is 53.3. The monoisotopic (exact) mass is 457 g/mol. The molecule has 8 nitrogen and oxygen atoms in total. The number of hydrogen-bond acceptors (Lipinski definition) is 7. The van der Waals surface area contributed by atoms with Gasteiger partial charge >= 0.3 is 6.36 Å². The van der Waals surface area contributed by atoms with Gasteiger partial charge in [-0.3, -0.25) is 0 Å². The molecule has 0 aliphatic carbocycles. The number of nitrogens with zero attached hydrogens (tertiary/aromatic N) is 5. The van der Waals surface area contributed by atoms with Crippen molar-refractivity contribution >= 4 is 0 Å². The van der Waals surface area contributed by atoms with Gasteiger partial charge in [0.1, 0.15) is 23.9 Å². The Bertz CT molecular complexity index is 1250. The first-order valence-corrected chi connectivity index (χ1v) is 9.75. The topological polar surface area (TPSA) is 88.1 Å². The summed E-state index contributed by atoms with van der Waals surface area (Å²) in [6, 6.07) is 12.7. The van der Waals surface area contributed by atoms with Crippen LogP contribution in [0.3, 0.4) is 0 Å². The summed E-state index contributed by atoms with van der Waals surface area (Å²) in [5.41, 5.74) is 1.41. The van der Waals surface area contributed by atoms with E-state index in [2.05, 4.69) is 31.5 Å². The Kier molecular flexibility index (Phi) is 6.11. The van der Waals surface area contributed by atoms with Gasteiger partial charge in [-0.05, 0) is 48.9 Å². The SMILES string of the molecule is C=CCOc1cccc(Cn2nc(-c3nc(-c4ccc(OC(F)(F)F)cc4)no3)nc2C)c1. The maximum Gasteiger partial charge on any atom is 0.573 e. The van der Waals surface area contributed by atoms with Crippen LogP contribution in [0.1, 0.15) is 11.4 Å². The molecule has 0 fully saturated rings. The highest BCUT2D eigenvalue weighted by Gasteiger charge is 2.31. The number of hydrogen-bond donors (Lipinski definition) is 0. The number of ether oxygens (including phenoxy) is 2. The third-order valence-corrected chi connectivity index (χ3v) is 4.42. The van der Waals surface area contributed by atoms with Crippen LogP contribution in [0.25, 0.3) is 23.1 Å². The number of halogens is 3. The van der Waals surface area contributed by atoms with Crippen molar-refractivity contribution in [3.8, 4) is 34.6 Å². The van der Waals surface area contributed by atoms with Crippen LogP contribution in [-0.2, 0) is 6.54 Å². The van der Waals surface area contributed by atoms with Crippen LogP contribution >= 0.6 is 0 Å². The number of benzene rings is 2. The minimum absolute atomic E-state index is 0.0885. The first kappa shape index (κ1) is 22.1. The lowest BCUT2D eigenvalue weighted by Crippen LogP contribution is -2.16. The third-order valence-electron chi connectivity index (χ3n) is 4.42. The van der Waals surface area contributed by atoms with Crippen LogP contribution in [0.2, 0.25) is 0 Å². The summed E-state index contributed by atoms with van der Waals surface area (Å²) in [5.74, 6) is 1.52. The zero-order chi connectivity index (χ0) is 23.4. The van der Waals surface area contributed by atoms with E-state index in [-0.39, 0.29) is 23.3 Å². The third kappa shape index (κ3) is 5.56. The van der Waals surface area contributed by atoms with Crippen LogP contribution in [0, 0.1) is 6.92 Å². The summed E-state index contributed by atoms with van der Waals surface area (Å²) in [6.07, 6.45) is -3.09. The summed E-state index contributed by atoms with van der Waals surface area (Å²) in [6.45, 7) is 6.29. The zero-order valence-corrected chi connectivity index (χ0v) is 17.4. The lowest BCUT2D eigenvalue weighted by Gasteiger charge is -2.08. The lowest BCUT2D eigenvalue weighted by molar-refractivity contribution is -0.274. The van der Waals surface area contributed by atoms with Crippen LogP contribution in [-0.4, -0.2) is 37.9 Å². The van der Waals surface area contributed by atoms with Gasteiger partial charge in [0.05, 0.1) is 6.54 Å². The van der Waals surface area contributed by atoms with Crippen molar-refractivity contribution in [1.29, 1.82) is 0 Å². The maximum absolute atomic E-state index is 12.3. The molecule has 0 N–H and O–H groups in total. The van der Waals surface area contributed by atoms with Gasteiger partial charge in [-0.1, -0.05) is 29.9 Å². The summed E-state index contributed by atoms with van der Waals surface area (Å²) in [4.78, 5) is 8.63. The molecular weight excluding hydrogens is 439 g/mol. The highest BCUT2D eigenvalue weighted by molar-refractivity contribution is 5.57. The second-order valence-electron chi connectivity index (χ2n) is 6.88. The number of aryl methyl sites for hydroxylation is 1. The average molecular weight is 457 g/mol. The molecule has 170 valence electrons. The van der Waals surface area contributed by atoms with E-state index in [9.17, 15) is 13.2 Å². The van der Waals surface area contributed by atoms with E-state index >= 15 is 0 Å². The maximum atomic E-state index is 12.3. The van der Waals surface area contributed by atoms with Crippen LogP contribution in [0.4, 0.5) is 13.2 Å². The van der Waals surface area contributed by atoms with Crippen LogP contribution in [0.5, 0.6) is 11.5 Å². The van der Waals surface area contributed by atoms with E-state index in [1.807, 2.05) is 24.3 Å². The molecule has 2 heterocycles. The average Bonchev–Trinajstić information content (AvgIpc) is 3.39. The Hall–Kier alpha value is -4.15. The fourth-order valence-electron chi connectivity index (χ4n) is 2.96. The molecule has 0 saturated heterocycles. The number of alkyl halides is 3. The van der Waals surface area contributed by atoms with Crippen LogP contribution < -0.4 is 9.47 Å². The lowest BCUT2D eigenvalue weighted by atomic mass is 10.2. The molecule has 11 heteroatoms. The smallest absolute Gasteiger partial charge is 0.490 e. The van der Waals surface area contributed by atoms with Crippen molar-refractivity contribution in [2.24, 2.45) is 0 Å². The molecule has 0 unspecified atom stereocenters. The van der Waals surface area contributed by atoms with E-state index < -0.39 is 6.36 Å². The minimum Gasteiger partial charge on any atom is -0.490 e. The Labute approximate surface area is 186 Å². The molecule has 0 bridgehead atoms. The normalized spacial score (nSPS) is 11.4. The van der Waals surface area contributed by atoms with Gasteiger partial charge in [0, 0.05) is 5.56 Å². The first-order chi connectivity index (χ1) is 15.8. The molecule has 0 aliphatic rings. The molecule has 0 aliphatic heterocycles. The van der Waals surface area contributed by atoms with E-state index in [1.54, 1.807) is 17.7 Å². The van der Waals surface area contributed by atoms with Crippen molar-refractivity contribution in [3.63, 3.8) is 0 Å². The number of rotatable bonds is 8. The van der Waals surface area contributed by atoms with Gasteiger partial charge in [0.25, 0.3) is 5.89 Å². The molecule has 0 saturated carbocycles. The van der Waals surface area contributed by atoms with Crippen molar-refractivity contribution in [2.75, 3.05) is 6.61 Å². The van der Waals surface area contributed by atoms with Gasteiger partial charge in [0.2, 0.25) is 11.6 Å². The van der Waals surface area contributed by atoms with Gasteiger partial charge < -0.3 is 14.0 Å². The highest BCUT2D eigenvalue weighted by atomic mass is 19.4. The molecule has 0 spiro atoms. The fourth-order valence-corrected chi connectivity index (χ4v) is 2.96. The fraction of sp³-hybridized carbons (Fsp3) is 0.182. The summed E-state index contributed by atoms with van der Waals surface area (Å²) in [5, 5.41) is 8.30. The molecule has 0 amide bonds. The predicted octanol–water partition coefficient (Wildman–Crippen LogP) is 4.82. The van der Waals surface area contributed by atoms with E-state index in [0.717, 1.165) is 11.3 Å². The Morgan fingerprint density at radius 2 is 1.85 bits per heavy atom. The Morgan fingerprint density at radius 1 is 1.06 bits per heavy atom. The van der Waals surface area contributed by atoms with E-state index in [4.69, 9.17) is 9.26 Å². The number of aromatic nitrogens is 5. The summed E-state index contributed by atoms with van der Waals surface area (Å²) >= 11 is 0. The molecule has 0 atom stereocenters. The van der Waals surface area contributed by atoms with Gasteiger partial charge in [-0.15, -0.1) is 18.3 Å².